The lowest BCUT2D eigenvalue weighted by molar-refractivity contribution is 0.279. The van der Waals surface area contributed by atoms with Gasteiger partial charge in [0.2, 0.25) is 10.0 Å². The Kier molecular flexibility index (Phi) is 6.44. The molecule has 0 aliphatic carbocycles. The molecule has 0 amide bonds. The number of hydrogen-bond acceptors (Lipinski definition) is 4. The van der Waals surface area contributed by atoms with E-state index >= 15 is 4.39 Å². The fraction of sp³-hybridized carbons (Fsp3) is 0.280. The van der Waals surface area contributed by atoms with Gasteiger partial charge in [0.05, 0.1) is 4.90 Å². The molecule has 2 atom stereocenters. The van der Waals surface area contributed by atoms with E-state index in [1.54, 1.807) is 24.3 Å². The number of sulfonamides is 1. The Morgan fingerprint density at radius 3 is 2.30 bits per heavy atom. The monoisotopic (exact) mass is 487 g/mol. The topological polar surface area (TPSA) is 71.5 Å². The largest absolute Gasteiger partial charge is 0.224 e. The first-order chi connectivity index (χ1) is 15.6. The molecule has 0 spiro atoms. The number of rotatable bonds is 5. The highest BCUT2D eigenvalue weighted by molar-refractivity contribution is 7.90. The molecular weight excluding hydrogens is 461 g/mol. The van der Waals surface area contributed by atoms with Crippen LogP contribution in [0.4, 0.5) is 4.39 Å². The lowest BCUT2D eigenvalue weighted by Crippen LogP contribution is -2.44. The van der Waals surface area contributed by atoms with Crippen LogP contribution in [-0.4, -0.2) is 33.4 Å². The summed E-state index contributed by atoms with van der Waals surface area (Å²) in [5.74, 6) is -0.526. The lowest BCUT2D eigenvalue weighted by Gasteiger charge is -2.37. The van der Waals surface area contributed by atoms with E-state index in [9.17, 15) is 16.8 Å². The predicted molar refractivity (Wildman–Crippen MR) is 127 cm³/mol. The van der Waals surface area contributed by atoms with Crippen molar-refractivity contribution in [2.75, 3.05) is 6.26 Å². The SMILES string of the molecule is C[C@H]1CCC(c2ccccc2)S(=O)(=O)N1Cc1ccc(-c2cccc(S(C)(=O)=O)c2)cc1F. The Hall–Kier alpha value is -2.55. The minimum atomic E-state index is -3.67. The van der Waals surface area contributed by atoms with E-state index in [0.717, 1.165) is 11.8 Å². The van der Waals surface area contributed by atoms with E-state index in [1.165, 1.54) is 22.5 Å². The Morgan fingerprint density at radius 2 is 1.64 bits per heavy atom. The van der Waals surface area contributed by atoms with Crippen LogP contribution in [0.2, 0.25) is 0 Å². The summed E-state index contributed by atoms with van der Waals surface area (Å²) in [4.78, 5) is 0.157. The molecule has 8 heteroatoms. The summed E-state index contributed by atoms with van der Waals surface area (Å²) in [6.07, 6.45) is 2.34. The third kappa shape index (κ3) is 4.88. The summed E-state index contributed by atoms with van der Waals surface area (Å²) >= 11 is 0. The number of hydrogen-bond donors (Lipinski definition) is 0. The zero-order valence-corrected chi connectivity index (χ0v) is 20.1. The van der Waals surface area contributed by atoms with Crippen LogP contribution >= 0.6 is 0 Å². The number of nitrogens with zero attached hydrogens (tertiary/aromatic N) is 1. The van der Waals surface area contributed by atoms with E-state index in [2.05, 4.69) is 0 Å². The molecule has 3 aromatic rings. The first kappa shape index (κ1) is 23.6. The van der Waals surface area contributed by atoms with Crippen LogP contribution in [0, 0.1) is 5.82 Å². The van der Waals surface area contributed by atoms with Gasteiger partial charge in [-0.2, -0.15) is 4.31 Å². The van der Waals surface area contributed by atoms with Gasteiger partial charge in [-0.1, -0.05) is 54.6 Å². The standard InChI is InChI=1S/C25H26FNO4S2/c1-18-11-14-25(19-7-4-3-5-8-19)33(30,31)27(18)17-22-13-12-21(16-24(22)26)20-9-6-10-23(15-20)32(2,28)29/h3-10,12-13,15-16,18,25H,11,14,17H2,1-2H3/t18-,25?/m0/s1. The van der Waals surface area contributed by atoms with Crippen LogP contribution in [0.5, 0.6) is 0 Å². The molecule has 1 aliphatic rings. The van der Waals surface area contributed by atoms with Crippen molar-refractivity contribution in [3.8, 4) is 11.1 Å². The average molecular weight is 488 g/mol. The maximum atomic E-state index is 15.1. The molecule has 0 saturated carbocycles. The Balaban J connectivity index is 1.63. The molecule has 0 N–H and O–H groups in total. The van der Waals surface area contributed by atoms with Crippen LogP contribution in [0.15, 0.2) is 77.7 Å². The predicted octanol–water partition coefficient (Wildman–Crippen LogP) is 4.95. The molecule has 0 aromatic heterocycles. The van der Waals surface area contributed by atoms with Gasteiger partial charge in [0.15, 0.2) is 9.84 Å². The van der Waals surface area contributed by atoms with Crippen molar-refractivity contribution in [3.05, 3.63) is 89.7 Å². The van der Waals surface area contributed by atoms with E-state index < -0.39 is 30.9 Å². The molecular formula is C25H26FNO4S2. The minimum absolute atomic E-state index is 0.0532. The minimum Gasteiger partial charge on any atom is -0.224 e. The van der Waals surface area contributed by atoms with Crippen molar-refractivity contribution in [3.63, 3.8) is 0 Å². The molecule has 1 fully saturated rings. The summed E-state index contributed by atoms with van der Waals surface area (Å²) < 4.78 is 67.0. The van der Waals surface area contributed by atoms with Crippen molar-refractivity contribution in [2.45, 2.75) is 42.5 Å². The highest BCUT2D eigenvalue weighted by atomic mass is 32.2. The first-order valence-corrected chi connectivity index (χ1v) is 14.1. The quantitative estimate of drug-likeness (QED) is 0.510. The second kappa shape index (κ2) is 9.00. The van der Waals surface area contributed by atoms with E-state index in [1.807, 2.05) is 37.3 Å². The Labute approximate surface area is 194 Å². The van der Waals surface area contributed by atoms with Crippen LogP contribution in [-0.2, 0) is 26.4 Å². The zero-order chi connectivity index (χ0) is 23.8. The number of halogens is 1. The molecule has 174 valence electrons. The van der Waals surface area contributed by atoms with Gasteiger partial charge in [-0.15, -0.1) is 0 Å². The maximum absolute atomic E-state index is 15.1. The van der Waals surface area contributed by atoms with Crippen LogP contribution in [0.3, 0.4) is 0 Å². The van der Waals surface area contributed by atoms with Gasteiger partial charge in [0.25, 0.3) is 0 Å². The molecule has 1 unspecified atom stereocenters. The normalized spacial score (nSPS) is 21.1. The van der Waals surface area contributed by atoms with Crippen LogP contribution < -0.4 is 0 Å². The summed E-state index contributed by atoms with van der Waals surface area (Å²) in [6.45, 7) is 1.80. The van der Waals surface area contributed by atoms with Crippen LogP contribution in [0.1, 0.15) is 36.1 Å². The Bertz CT molecular complexity index is 1370. The second-order valence-corrected chi connectivity index (χ2v) is 12.6. The summed E-state index contributed by atoms with van der Waals surface area (Å²) in [6, 6.07) is 19.8. The maximum Gasteiger partial charge on any atom is 0.221 e. The third-order valence-electron chi connectivity index (χ3n) is 6.17. The first-order valence-electron chi connectivity index (χ1n) is 10.7. The average Bonchev–Trinajstić information content (AvgIpc) is 2.77. The van der Waals surface area contributed by atoms with Crippen molar-refractivity contribution >= 4 is 19.9 Å². The molecule has 5 nitrogen and oxygen atoms in total. The van der Waals surface area contributed by atoms with Crippen molar-refractivity contribution in [2.24, 2.45) is 0 Å². The molecule has 0 bridgehead atoms. The van der Waals surface area contributed by atoms with Crippen molar-refractivity contribution in [1.82, 2.24) is 4.31 Å². The van der Waals surface area contributed by atoms with Crippen molar-refractivity contribution < 1.29 is 21.2 Å². The van der Waals surface area contributed by atoms with E-state index in [-0.39, 0.29) is 23.0 Å². The highest BCUT2D eigenvalue weighted by Crippen LogP contribution is 2.38. The molecule has 1 heterocycles. The summed E-state index contributed by atoms with van der Waals surface area (Å²) in [7, 11) is -7.05. The number of benzene rings is 3. The van der Waals surface area contributed by atoms with Gasteiger partial charge >= 0.3 is 0 Å². The molecule has 4 rings (SSSR count). The fourth-order valence-electron chi connectivity index (χ4n) is 4.28. The molecule has 1 aliphatic heterocycles. The smallest absolute Gasteiger partial charge is 0.221 e. The molecule has 1 saturated heterocycles. The van der Waals surface area contributed by atoms with Gasteiger partial charge in [0, 0.05) is 24.4 Å². The van der Waals surface area contributed by atoms with E-state index in [0.29, 0.717) is 24.0 Å². The lowest BCUT2D eigenvalue weighted by atomic mass is 10.0. The third-order valence-corrected chi connectivity index (χ3v) is 9.65. The van der Waals surface area contributed by atoms with Crippen LogP contribution in [0.25, 0.3) is 11.1 Å². The highest BCUT2D eigenvalue weighted by Gasteiger charge is 2.40. The van der Waals surface area contributed by atoms with Crippen molar-refractivity contribution in [1.29, 1.82) is 0 Å². The summed E-state index contributed by atoms with van der Waals surface area (Å²) in [5, 5.41) is -0.643. The van der Waals surface area contributed by atoms with Gasteiger partial charge < -0.3 is 0 Å². The molecule has 33 heavy (non-hydrogen) atoms. The van der Waals surface area contributed by atoms with Gasteiger partial charge in [0.1, 0.15) is 11.1 Å². The second-order valence-electron chi connectivity index (χ2n) is 8.52. The van der Waals surface area contributed by atoms with Gasteiger partial charge in [-0.05, 0) is 54.7 Å². The molecule has 3 aromatic carbocycles. The van der Waals surface area contributed by atoms with Gasteiger partial charge in [-0.3, -0.25) is 0 Å². The number of sulfone groups is 1. The van der Waals surface area contributed by atoms with E-state index in [4.69, 9.17) is 0 Å². The fourth-order valence-corrected chi connectivity index (χ4v) is 7.14. The zero-order valence-electron chi connectivity index (χ0n) is 18.5. The molecule has 0 radical (unpaired) electrons. The summed E-state index contributed by atoms with van der Waals surface area (Å²) in [5.41, 5.74) is 2.13. The Morgan fingerprint density at radius 1 is 0.939 bits per heavy atom. The van der Waals surface area contributed by atoms with Gasteiger partial charge in [-0.25, -0.2) is 21.2 Å².